The number of fused-ring (bicyclic) bond motifs is 1. The van der Waals surface area contributed by atoms with Gasteiger partial charge < -0.3 is 14.8 Å². The van der Waals surface area contributed by atoms with Crippen LogP contribution in [-0.4, -0.2) is 52.2 Å². The van der Waals surface area contributed by atoms with Crippen LogP contribution in [0.25, 0.3) is 22.4 Å². The first-order chi connectivity index (χ1) is 16.2. The molecule has 2 heterocycles. The first-order valence-corrected chi connectivity index (χ1v) is 10.2. The Morgan fingerprint density at radius 2 is 1.68 bits per heavy atom. The highest BCUT2D eigenvalue weighted by molar-refractivity contribution is 6.00. The Morgan fingerprint density at radius 3 is 2.24 bits per heavy atom. The second kappa shape index (κ2) is 9.08. The normalized spacial score (nSPS) is 12.2. The summed E-state index contributed by atoms with van der Waals surface area (Å²) < 4.78 is 52.7. The van der Waals surface area contributed by atoms with Gasteiger partial charge in [-0.1, -0.05) is 0 Å². The molecule has 0 fully saturated rings. The fraction of sp³-hybridized carbons (Fsp3) is 0.261. The maximum Gasteiger partial charge on any atom is 0.287 e. The number of aromatic nitrogens is 4. The van der Waals surface area contributed by atoms with Crippen LogP contribution in [0, 0.1) is 13.8 Å². The van der Waals surface area contributed by atoms with Crippen LogP contribution in [0.15, 0.2) is 42.7 Å². The minimum atomic E-state index is -3.36. The van der Waals surface area contributed by atoms with Crippen molar-refractivity contribution in [2.75, 3.05) is 14.2 Å². The van der Waals surface area contributed by atoms with Crippen LogP contribution in [0.3, 0.4) is 0 Å². The zero-order valence-electron chi connectivity index (χ0n) is 18.8. The van der Waals surface area contributed by atoms with E-state index in [0.29, 0.717) is 11.2 Å². The van der Waals surface area contributed by atoms with E-state index in [-0.39, 0.29) is 17.1 Å². The van der Waals surface area contributed by atoms with E-state index in [1.807, 2.05) is 42.8 Å². The van der Waals surface area contributed by atoms with E-state index in [2.05, 4.69) is 10.1 Å². The summed E-state index contributed by atoms with van der Waals surface area (Å²) >= 11 is 0. The van der Waals surface area contributed by atoms with Crippen molar-refractivity contribution in [2.45, 2.75) is 26.6 Å². The Hall–Kier alpha value is -4.02. The largest absolute Gasteiger partial charge is 0.496 e. The van der Waals surface area contributed by atoms with Crippen molar-refractivity contribution >= 4 is 16.9 Å². The molecule has 0 aliphatic rings. The zero-order valence-corrected chi connectivity index (χ0v) is 18.8. The molecule has 8 nitrogen and oxygen atoms in total. The Bertz CT molecular complexity index is 1340. The lowest BCUT2D eigenvalue weighted by Gasteiger charge is -2.17. The molecule has 1 atom stereocenters. The highest BCUT2D eigenvalue weighted by Crippen LogP contribution is 2.34. The van der Waals surface area contributed by atoms with E-state index in [1.54, 1.807) is 16.2 Å². The van der Waals surface area contributed by atoms with Gasteiger partial charge in [-0.2, -0.15) is 5.10 Å². The lowest BCUT2D eigenvalue weighted by Crippen LogP contribution is -2.36. The smallest absolute Gasteiger partial charge is 0.287 e. The number of nitrogens with one attached hydrogen (secondary N) is 1. The van der Waals surface area contributed by atoms with E-state index in [0.717, 1.165) is 22.6 Å². The van der Waals surface area contributed by atoms with Crippen LogP contribution in [0.1, 0.15) is 21.7 Å². The number of carbonyl (C=O) groups excluding carboxylic acids is 1. The van der Waals surface area contributed by atoms with Crippen molar-refractivity contribution in [2.24, 2.45) is 0 Å². The van der Waals surface area contributed by atoms with E-state index in [1.165, 1.54) is 26.4 Å². The maximum atomic E-state index is 13.4. The number of aryl methyl sites for hydroxylation is 2. The quantitative estimate of drug-likeness (QED) is 0.408. The van der Waals surface area contributed by atoms with Gasteiger partial charge in [0.1, 0.15) is 23.4 Å². The number of methoxy groups -OCH3 is 2. The number of ether oxygens (including phenoxy) is 2. The van der Waals surface area contributed by atoms with Gasteiger partial charge in [-0.3, -0.25) is 9.36 Å². The molecule has 0 spiro atoms. The molecule has 2 aromatic heterocycles. The molecule has 0 aliphatic heterocycles. The van der Waals surface area contributed by atoms with Crippen LogP contribution in [-0.2, 0) is 0 Å². The number of carbonyl (C=O) groups is 1. The molecule has 0 bridgehead atoms. The van der Waals surface area contributed by atoms with Crippen molar-refractivity contribution in [3.63, 3.8) is 0 Å². The molecule has 0 saturated heterocycles. The van der Waals surface area contributed by atoms with Crippen molar-refractivity contribution in [3.8, 4) is 22.9 Å². The molecule has 2 aromatic carbocycles. The number of imidazole rings is 1. The molecular formula is C23H22F3N5O3. The first-order valence-electron chi connectivity index (χ1n) is 10.2. The second-order valence-corrected chi connectivity index (χ2v) is 7.56. The Morgan fingerprint density at radius 1 is 1.00 bits per heavy atom. The second-order valence-electron chi connectivity index (χ2n) is 7.56. The summed E-state index contributed by atoms with van der Waals surface area (Å²) in [6, 6.07) is 10.7. The minimum Gasteiger partial charge on any atom is -0.496 e. The molecule has 1 amide bonds. The monoisotopic (exact) mass is 473 g/mol. The van der Waals surface area contributed by atoms with Gasteiger partial charge in [0.15, 0.2) is 0 Å². The summed E-state index contributed by atoms with van der Waals surface area (Å²) in [6.07, 6.45) is -4.59. The number of benzene rings is 2. The summed E-state index contributed by atoms with van der Waals surface area (Å²) in [5, 5.41) is 6.11. The highest BCUT2D eigenvalue weighted by Gasteiger charge is 2.27. The van der Waals surface area contributed by atoms with Crippen molar-refractivity contribution in [3.05, 3.63) is 59.7 Å². The van der Waals surface area contributed by atoms with Gasteiger partial charge in [-0.05, 0) is 38.1 Å². The van der Waals surface area contributed by atoms with Gasteiger partial charge in [0.05, 0.1) is 42.3 Å². The minimum absolute atomic E-state index is 0.0226. The van der Waals surface area contributed by atoms with Gasteiger partial charge >= 0.3 is 0 Å². The summed E-state index contributed by atoms with van der Waals surface area (Å²) in [4.78, 5) is 16.9. The van der Waals surface area contributed by atoms with E-state index in [9.17, 15) is 18.0 Å². The van der Waals surface area contributed by atoms with Crippen molar-refractivity contribution in [1.29, 1.82) is 0 Å². The number of amides is 1. The molecule has 11 heteroatoms. The fourth-order valence-electron chi connectivity index (χ4n) is 3.75. The first kappa shape index (κ1) is 23.1. The average Bonchev–Trinajstić information content (AvgIpc) is 3.39. The molecule has 178 valence electrons. The molecule has 1 unspecified atom stereocenters. The van der Waals surface area contributed by atoms with E-state index >= 15 is 0 Å². The predicted molar refractivity (Wildman–Crippen MR) is 119 cm³/mol. The van der Waals surface area contributed by atoms with E-state index < -0.39 is 18.6 Å². The van der Waals surface area contributed by atoms with Crippen LogP contribution in [0.5, 0.6) is 11.5 Å². The summed E-state index contributed by atoms with van der Waals surface area (Å²) in [5.41, 5.74) is 4.53. The van der Waals surface area contributed by atoms with Gasteiger partial charge in [0, 0.05) is 17.8 Å². The third-order valence-electron chi connectivity index (χ3n) is 5.27. The van der Waals surface area contributed by atoms with E-state index in [4.69, 9.17) is 9.47 Å². The van der Waals surface area contributed by atoms with Crippen LogP contribution in [0.2, 0.25) is 0 Å². The summed E-state index contributed by atoms with van der Waals surface area (Å²) in [7, 11) is 2.62. The topological polar surface area (TPSA) is 83.2 Å². The maximum absolute atomic E-state index is 13.4. The van der Waals surface area contributed by atoms with Crippen LogP contribution < -0.4 is 14.8 Å². The fourth-order valence-corrected chi connectivity index (χ4v) is 3.75. The summed E-state index contributed by atoms with van der Waals surface area (Å²) in [6.45, 7) is 3.88. The number of rotatable bonds is 7. The van der Waals surface area contributed by atoms with Gasteiger partial charge in [0.25, 0.3) is 12.3 Å². The number of halogens is 3. The van der Waals surface area contributed by atoms with Gasteiger partial charge in [-0.15, -0.1) is 0 Å². The molecule has 34 heavy (non-hydrogen) atoms. The Labute approximate surface area is 192 Å². The van der Waals surface area contributed by atoms with Crippen molar-refractivity contribution in [1.82, 2.24) is 24.6 Å². The number of nitrogens with zero attached hydrogens (tertiary/aromatic N) is 4. The zero-order chi connectivity index (χ0) is 24.6. The molecule has 0 aliphatic carbocycles. The average molecular weight is 473 g/mol. The molecule has 4 aromatic rings. The third kappa shape index (κ3) is 4.16. The number of hydrogen-bond donors (Lipinski definition) is 1. The lowest BCUT2D eigenvalue weighted by atomic mass is 10.1. The van der Waals surface area contributed by atoms with Gasteiger partial charge in [-0.25, -0.2) is 22.8 Å². The van der Waals surface area contributed by atoms with Crippen LogP contribution >= 0.6 is 0 Å². The van der Waals surface area contributed by atoms with Gasteiger partial charge in [0.2, 0.25) is 6.30 Å². The molecular weight excluding hydrogens is 451 g/mol. The molecule has 0 saturated carbocycles. The Kier molecular flexibility index (Phi) is 6.18. The highest BCUT2D eigenvalue weighted by atomic mass is 19.3. The summed E-state index contributed by atoms with van der Waals surface area (Å²) in [5.74, 6) is -1.04. The predicted octanol–water partition coefficient (Wildman–Crippen LogP) is 4.14. The number of alkyl halides is 3. The standard InChI is InChI=1S/C23H22F3N5O3/c1-12-7-13(2)31(29-12)14-5-6-17-16(8-14)27-11-30(17)15-9-18(33-3)20(19(10-15)34-4)23(32)28-22(26)21(24)25/h5-11,21-22H,1-4H3,(H,28,32). The third-order valence-corrected chi connectivity index (χ3v) is 5.27. The lowest BCUT2D eigenvalue weighted by molar-refractivity contribution is 0.0285. The van der Waals surface area contributed by atoms with Crippen molar-refractivity contribution < 1.29 is 27.4 Å². The SMILES string of the molecule is COc1cc(-n2cnc3cc(-n4nc(C)cc4C)ccc32)cc(OC)c1C(=O)NC(F)C(F)F. The molecule has 1 N–H and O–H groups in total. The Balaban J connectivity index is 1.76. The molecule has 0 radical (unpaired) electrons. The molecule has 4 rings (SSSR count). The van der Waals surface area contributed by atoms with Crippen LogP contribution in [0.4, 0.5) is 13.2 Å². The number of hydrogen-bond acceptors (Lipinski definition) is 5.